The van der Waals surface area contributed by atoms with Crippen LogP contribution in [0.4, 0.5) is 5.82 Å². The molecule has 3 N–H and O–H groups in total. The van der Waals surface area contributed by atoms with E-state index in [-0.39, 0.29) is 11.5 Å². The van der Waals surface area contributed by atoms with Crippen molar-refractivity contribution in [3.63, 3.8) is 0 Å². The molecule has 6 nitrogen and oxygen atoms in total. The summed E-state index contributed by atoms with van der Waals surface area (Å²) in [5.74, 6) is -0.814. The Morgan fingerprint density at radius 3 is 3.00 bits per heavy atom. The first-order chi connectivity index (χ1) is 6.18. The minimum absolute atomic E-state index is 0.0419. The molecule has 0 atom stereocenters. The Kier molecular flexibility index (Phi) is 1.42. The first-order valence-corrected chi connectivity index (χ1v) is 3.51. The smallest absolute Gasteiger partial charge is 0.356 e. The molecular formula is C7H6N4O2. The van der Waals surface area contributed by atoms with Crippen LogP contribution in [0.2, 0.25) is 0 Å². The van der Waals surface area contributed by atoms with Crippen LogP contribution in [0.1, 0.15) is 10.5 Å². The van der Waals surface area contributed by atoms with Gasteiger partial charge in [-0.3, -0.25) is 0 Å². The Balaban J connectivity index is 2.75. The van der Waals surface area contributed by atoms with Crippen molar-refractivity contribution in [2.24, 2.45) is 0 Å². The molecule has 0 aliphatic heterocycles. The van der Waals surface area contributed by atoms with Crippen LogP contribution in [0.3, 0.4) is 0 Å². The van der Waals surface area contributed by atoms with E-state index >= 15 is 0 Å². The van der Waals surface area contributed by atoms with Gasteiger partial charge in [0.2, 0.25) is 0 Å². The summed E-state index contributed by atoms with van der Waals surface area (Å²) in [5.41, 5.74) is 5.96. The van der Waals surface area contributed by atoms with Gasteiger partial charge in [-0.2, -0.15) is 5.10 Å². The zero-order chi connectivity index (χ0) is 9.42. The lowest BCUT2D eigenvalue weighted by Crippen LogP contribution is -1.97. The van der Waals surface area contributed by atoms with E-state index in [1.807, 2.05) is 0 Å². The van der Waals surface area contributed by atoms with Gasteiger partial charge in [-0.15, -0.1) is 0 Å². The summed E-state index contributed by atoms with van der Waals surface area (Å²) < 4.78 is 1.38. The van der Waals surface area contributed by atoms with E-state index < -0.39 is 5.97 Å². The maximum atomic E-state index is 10.5. The zero-order valence-corrected chi connectivity index (χ0v) is 6.51. The van der Waals surface area contributed by atoms with Crippen LogP contribution in [-0.2, 0) is 0 Å². The van der Waals surface area contributed by atoms with Crippen molar-refractivity contribution >= 4 is 17.3 Å². The van der Waals surface area contributed by atoms with Crippen molar-refractivity contribution in [3.8, 4) is 0 Å². The number of carboxylic acid groups (broad SMARTS) is 1. The van der Waals surface area contributed by atoms with Gasteiger partial charge in [0.1, 0.15) is 11.3 Å². The first kappa shape index (κ1) is 7.53. The maximum absolute atomic E-state index is 10.5. The molecule has 2 rings (SSSR count). The van der Waals surface area contributed by atoms with E-state index in [2.05, 4.69) is 10.1 Å². The summed E-state index contributed by atoms with van der Waals surface area (Å²) in [6, 6.07) is 1.38. The number of nitrogens with zero attached hydrogens (tertiary/aromatic N) is 3. The van der Waals surface area contributed by atoms with Gasteiger partial charge in [0.15, 0.2) is 5.69 Å². The second kappa shape index (κ2) is 2.44. The fraction of sp³-hybridized carbons (Fsp3) is 0. The minimum atomic E-state index is -1.08. The third kappa shape index (κ3) is 1.08. The Labute approximate surface area is 72.6 Å². The maximum Gasteiger partial charge on any atom is 0.356 e. The average Bonchev–Trinajstić information content (AvgIpc) is 2.49. The summed E-state index contributed by atoms with van der Waals surface area (Å²) >= 11 is 0. The monoisotopic (exact) mass is 178 g/mol. The summed E-state index contributed by atoms with van der Waals surface area (Å²) in [5, 5.41) is 12.4. The lowest BCUT2D eigenvalue weighted by molar-refractivity contribution is 0.0690. The second-order valence-corrected chi connectivity index (χ2v) is 2.48. The summed E-state index contributed by atoms with van der Waals surface area (Å²) in [4.78, 5) is 14.3. The molecule has 2 aromatic heterocycles. The molecule has 0 saturated carbocycles. The minimum Gasteiger partial charge on any atom is -0.476 e. The van der Waals surface area contributed by atoms with Crippen molar-refractivity contribution in [2.45, 2.75) is 0 Å². The van der Waals surface area contributed by atoms with Gasteiger partial charge in [-0.05, 0) is 0 Å². The fourth-order valence-corrected chi connectivity index (χ4v) is 1.05. The summed E-state index contributed by atoms with van der Waals surface area (Å²) in [6.45, 7) is 0. The van der Waals surface area contributed by atoms with Crippen LogP contribution in [0, 0.1) is 0 Å². The molecule has 6 heteroatoms. The van der Waals surface area contributed by atoms with Gasteiger partial charge in [0, 0.05) is 18.5 Å². The molecule has 0 saturated heterocycles. The molecule has 0 bridgehead atoms. The summed E-state index contributed by atoms with van der Waals surface area (Å²) in [7, 11) is 0. The first-order valence-electron chi connectivity index (χ1n) is 3.51. The number of hydrogen-bond donors (Lipinski definition) is 2. The number of aromatic carboxylic acids is 1. The molecule has 2 heterocycles. The van der Waals surface area contributed by atoms with Gasteiger partial charge in [-0.1, -0.05) is 0 Å². The predicted molar refractivity (Wildman–Crippen MR) is 44.4 cm³/mol. The third-order valence-electron chi connectivity index (χ3n) is 1.64. The van der Waals surface area contributed by atoms with Gasteiger partial charge < -0.3 is 10.8 Å². The number of aromatic nitrogens is 3. The molecule has 0 unspecified atom stereocenters. The Morgan fingerprint density at radius 1 is 1.62 bits per heavy atom. The molecular weight excluding hydrogens is 172 g/mol. The van der Waals surface area contributed by atoms with Crippen molar-refractivity contribution in [2.75, 3.05) is 5.73 Å². The van der Waals surface area contributed by atoms with Crippen LogP contribution in [-0.4, -0.2) is 25.7 Å². The Hall–Kier alpha value is -2.11. The predicted octanol–water partition coefficient (Wildman–Crippen LogP) is 0.00970. The number of nitrogens with two attached hydrogens (primary N) is 1. The third-order valence-corrected chi connectivity index (χ3v) is 1.64. The van der Waals surface area contributed by atoms with Crippen molar-refractivity contribution < 1.29 is 9.90 Å². The van der Waals surface area contributed by atoms with Crippen molar-refractivity contribution in [3.05, 3.63) is 24.2 Å². The average molecular weight is 178 g/mol. The van der Waals surface area contributed by atoms with Crippen molar-refractivity contribution in [1.29, 1.82) is 0 Å². The topological polar surface area (TPSA) is 93.5 Å². The molecule has 0 aliphatic rings. The molecule has 0 aromatic carbocycles. The molecule has 2 aromatic rings. The number of anilines is 1. The number of rotatable bonds is 1. The molecule has 0 spiro atoms. The van der Waals surface area contributed by atoms with E-state index in [4.69, 9.17) is 10.8 Å². The van der Waals surface area contributed by atoms with Gasteiger partial charge >= 0.3 is 5.97 Å². The highest BCUT2D eigenvalue weighted by Crippen LogP contribution is 2.10. The van der Waals surface area contributed by atoms with Gasteiger partial charge in [-0.25, -0.2) is 14.3 Å². The largest absolute Gasteiger partial charge is 0.476 e. The fourth-order valence-electron chi connectivity index (χ4n) is 1.05. The number of nitrogen functional groups attached to an aromatic ring is 1. The Morgan fingerprint density at radius 2 is 2.38 bits per heavy atom. The van der Waals surface area contributed by atoms with E-state index in [1.54, 1.807) is 0 Å². The highest BCUT2D eigenvalue weighted by Gasteiger charge is 2.09. The van der Waals surface area contributed by atoms with Gasteiger partial charge in [0.05, 0.1) is 0 Å². The SMILES string of the molecule is Nc1nccn2nc(C(=O)O)cc12. The van der Waals surface area contributed by atoms with Crippen LogP contribution in [0.5, 0.6) is 0 Å². The molecule has 13 heavy (non-hydrogen) atoms. The quantitative estimate of drug-likeness (QED) is 0.641. The van der Waals surface area contributed by atoms with Crippen LogP contribution >= 0.6 is 0 Å². The number of fused-ring (bicyclic) bond motifs is 1. The van der Waals surface area contributed by atoms with E-state index in [0.717, 1.165) is 0 Å². The van der Waals surface area contributed by atoms with E-state index in [1.165, 1.54) is 23.0 Å². The number of carboxylic acids is 1. The van der Waals surface area contributed by atoms with E-state index in [9.17, 15) is 4.79 Å². The lowest BCUT2D eigenvalue weighted by atomic mass is 10.4. The lowest BCUT2D eigenvalue weighted by Gasteiger charge is -1.93. The summed E-state index contributed by atoms with van der Waals surface area (Å²) in [6.07, 6.45) is 3.00. The normalized spacial score (nSPS) is 10.5. The van der Waals surface area contributed by atoms with Crippen LogP contribution in [0.15, 0.2) is 18.5 Å². The molecule has 0 fully saturated rings. The molecule has 0 aliphatic carbocycles. The zero-order valence-electron chi connectivity index (χ0n) is 6.51. The number of hydrogen-bond acceptors (Lipinski definition) is 4. The van der Waals surface area contributed by atoms with Crippen LogP contribution < -0.4 is 5.73 Å². The van der Waals surface area contributed by atoms with E-state index in [0.29, 0.717) is 5.52 Å². The number of carbonyl (C=O) groups is 1. The highest BCUT2D eigenvalue weighted by atomic mass is 16.4. The molecule has 66 valence electrons. The van der Waals surface area contributed by atoms with Crippen LogP contribution in [0.25, 0.3) is 5.52 Å². The molecule has 0 radical (unpaired) electrons. The van der Waals surface area contributed by atoms with Crippen molar-refractivity contribution in [1.82, 2.24) is 14.6 Å². The van der Waals surface area contributed by atoms with Gasteiger partial charge in [0.25, 0.3) is 0 Å². The Bertz CT molecular complexity index is 476. The molecule has 0 amide bonds. The standard InChI is InChI=1S/C7H6N4O2/c8-6-5-3-4(7(12)13)10-11(5)2-1-9-6/h1-3H,(H2,8,9)(H,12,13). The second-order valence-electron chi connectivity index (χ2n) is 2.48. The highest BCUT2D eigenvalue weighted by molar-refractivity contribution is 5.88.